The predicted molar refractivity (Wildman–Crippen MR) is 77.1 cm³/mol. The molecular weight excluding hydrogens is 346 g/mol. The molecule has 0 saturated carbocycles. The molecule has 2 rings (SSSR count). The van der Waals surface area contributed by atoms with Crippen molar-refractivity contribution < 1.29 is 13.6 Å². The maximum atomic E-state index is 13.6. The lowest BCUT2D eigenvalue weighted by Gasteiger charge is -2.12. The molecule has 0 bridgehead atoms. The molecule has 0 radical (unpaired) electrons. The highest BCUT2D eigenvalue weighted by molar-refractivity contribution is 9.10. The topological polar surface area (TPSA) is 70.7 Å². The van der Waals surface area contributed by atoms with Gasteiger partial charge in [-0.1, -0.05) is 20.8 Å². The second-order valence-corrected chi connectivity index (χ2v) is 6.31. The van der Waals surface area contributed by atoms with Crippen molar-refractivity contribution in [2.24, 2.45) is 0 Å². The van der Waals surface area contributed by atoms with Crippen LogP contribution < -0.4 is 5.32 Å². The number of hydrogen-bond donors (Lipinski definition) is 2. The third-order valence-electron chi connectivity index (χ3n) is 2.66. The summed E-state index contributed by atoms with van der Waals surface area (Å²) in [5.74, 6) is -1.89. The van der Waals surface area contributed by atoms with Gasteiger partial charge in [0.2, 0.25) is 5.82 Å². The van der Waals surface area contributed by atoms with E-state index < -0.39 is 17.5 Å². The van der Waals surface area contributed by atoms with E-state index >= 15 is 0 Å². The number of carbonyl (C=O) groups is 1. The Morgan fingerprint density at radius 1 is 1.29 bits per heavy atom. The van der Waals surface area contributed by atoms with Crippen molar-refractivity contribution in [3.8, 4) is 0 Å². The highest BCUT2D eigenvalue weighted by Crippen LogP contribution is 2.24. The minimum absolute atomic E-state index is 0.0459. The van der Waals surface area contributed by atoms with Gasteiger partial charge in [-0.15, -0.1) is 5.10 Å². The molecule has 1 aromatic carbocycles. The number of nitrogens with one attached hydrogen (secondary N) is 2. The van der Waals surface area contributed by atoms with Crippen LogP contribution in [0, 0.1) is 11.6 Å². The van der Waals surface area contributed by atoms with Gasteiger partial charge in [0.15, 0.2) is 0 Å². The zero-order chi connectivity index (χ0) is 15.8. The molecule has 5 nitrogen and oxygen atoms in total. The number of nitrogens with zero attached hydrogens (tertiary/aromatic N) is 2. The van der Waals surface area contributed by atoms with Crippen LogP contribution in [-0.4, -0.2) is 21.1 Å². The molecule has 0 unspecified atom stereocenters. The molecule has 112 valence electrons. The number of aromatic nitrogens is 3. The molecule has 8 heteroatoms. The van der Waals surface area contributed by atoms with Crippen molar-refractivity contribution in [1.29, 1.82) is 0 Å². The Morgan fingerprint density at radius 3 is 2.52 bits per heavy atom. The molecule has 0 aliphatic rings. The number of hydrogen-bond acceptors (Lipinski definition) is 3. The standard InChI is InChI=1S/C13H13BrF2N4O/c1-13(2,3)12-18-10(19-20-12)11(21)17-9-4-6(14)7(15)5-8(9)16/h4-5H,1-3H3,(H,17,21)(H,18,19,20). The van der Waals surface area contributed by atoms with Gasteiger partial charge >= 0.3 is 0 Å². The lowest BCUT2D eigenvalue weighted by molar-refractivity contribution is 0.101. The van der Waals surface area contributed by atoms with Crippen molar-refractivity contribution in [2.45, 2.75) is 26.2 Å². The fourth-order valence-corrected chi connectivity index (χ4v) is 1.84. The first-order chi connectivity index (χ1) is 9.68. The number of anilines is 1. The van der Waals surface area contributed by atoms with Crippen LogP contribution in [0.2, 0.25) is 0 Å². The van der Waals surface area contributed by atoms with E-state index in [0.717, 1.165) is 6.07 Å². The molecule has 2 aromatic rings. The minimum Gasteiger partial charge on any atom is -0.317 e. The Morgan fingerprint density at radius 2 is 1.95 bits per heavy atom. The van der Waals surface area contributed by atoms with Crippen LogP contribution in [0.4, 0.5) is 14.5 Å². The summed E-state index contributed by atoms with van der Waals surface area (Å²) in [7, 11) is 0. The van der Waals surface area contributed by atoms with Crippen molar-refractivity contribution in [3.63, 3.8) is 0 Å². The molecule has 21 heavy (non-hydrogen) atoms. The molecule has 0 saturated heterocycles. The van der Waals surface area contributed by atoms with Crippen LogP contribution in [0.25, 0.3) is 0 Å². The van der Waals surface area contributed by atoms with Crippen molar-refractivity contribution in [3.05, 3.63) is 39.9 Å². The molecule has 1 amide bonds. The molecule has 0 atom stereocenters. The molecule has 0 fully saturated rings. The van der Waals surface area contributed by atoms with E-state index in [2.05, 4.69) is 36.4 Å². The number of benzene rings is 1. The van der Waals surface area contributed by atoms with Crippen LogP contribution in [0.1, 0.15) is 37.2 Å². The largest absolute Gasteiger partial charge is 0.317 e. The summed E-state index contributed by atoms with van der Waals surface area (Å²) >= 11 is 2.93. The van der Waals surface area contributed by atoms with Crippen LogP contribution in [0.3, 0.4) is 0 Å². The first-order valence-corrected chi connectivity index (χ1v) is 6.86. The van der Waals surface area contributed by atoms with Crippen LogP contribution in [0.5, 0.6) is 0 Å². The summed E-state index contributed by atoms with van der Waals surface area (Å²) in [4.78, 5) is 16.0. The average molecular weight is 359 g/mol. The maximum absolute atomic E-state index is 13.6. The summed E-state index contributed by atoms with van der Waals surface area (Å²) in [5.41, 5.74) is -0.453. The summed E-state index contributed by atoms with van der Waals surface area (Å²) in [5, 5.41) is 8.76. The highest BCUT2D eigenvalue weighted by Gasteiger charge is 2.22. The number of halogens is 3. The Bertz CT molecular complexity index is 694. The van der Waals surface area contributed by atoms with Gasteiger partial charge in [0.05, 0.1) is 10.2 Å². The van der Waals surface area contributed by atoms with Gasteiger partial charge in [-0.2, -0.15) is 0 Å². The normalized spacial score (nSPS) is 11.5. The summed E-state index contributed by atoms with van der Waals surface area (Å²) < 4.78 is 26.7. The third kappa shape index (κ3) is 3.44. The van der Waals surface area contributed by atoms with Crippen molar-refractivity contribution in [2.75, 3.05) is 5.32 Å². The van der Waals surface area contributed by atoms with E-state index in [1.54, 1.807) is 0 Å². The minimum atomic E-state index is -0.879. The Balaban J connectivity index is 2.22. The lowest BCUT2D eigenvalue weighted by Crippen LogP contribution is -2.16. The molecule has 1 heterocycles. The second-order valence-electron chi connectivity index (χ2n) is 5.46. The van der Waals surface area contributed by atoms with E-state index in [4.69, 9.17) is 0 Å². The molecule has 0 aliphatic heterocycles. The van der Waals surface area contributed by atoms with Gasteiger partial charge in [0, 0.05) is 11.5 Å². The predicted octanol–water partition coefficient (Wildman–Crippen LogP) is 3.40. The number of carbonyl (C=O) groups excluding carboxylic acids is 1. The van der Waals surface area contributed by atoms with Crippen LogP contribution in [-0.2, 0) is 5.41 Å². The number of aromatic amines is 1. The summed E-state index contributed by atoms with van der Waals surface area (Å²) in [6.07, 6.45) is 0. The van der Waals surface area contributed by atoms with E-state index in [1.165, 1.54) is 0 Å². The Hall–Kier alpha value is -1.83. The van der Waals surface area contributed by atoms with E-state index in [-0.39, 0.29) is 21.4 Å². The van der Waals surface area contributed by atoms with E-state index in [9.17, 15) is 13.6 Å². The monoisotopic (exact) mass is 358 g/mol. The zero-order valence-electron chi connectivity index (χ0n) is 11.6. The van der Waals surface area contributed by atoms with Crippen LogP contribution >= 0.6 is 15.9 Å². The van der Waals surface area contributed by atoms with Crippen LogP contribution in [0.15, 0.2) is 16.6 Å². The number of amides is 1. The molecular formula is C13H13BrF2N4O. The summed E-state index contributed by atoms with van der Waals surface area (Å²) in [6.45, 7) is 5.73. The van der Waals surface area contributed by atoms with Gasteiger partial charge in [0.25, 0.3) is 5.91 Å². The quantitative estimate of drug-likeness (QED) is 0.808. The zero-order valence-corrected chi connectivity index (χ0v) is 13.2. The van der Waals surface area contributed by atoms with E-state index in [1.807, 2.05) is 20.8 Å². The fraction of sp³-hybridized carbons (Fsp3) is 0.308. The SMILES string of the molecule is CC(C)(C)c1nc(C(=O)Nc2cc(Br)c(F)cc2F)n[nH]1. The van der Waals surface area contributed by atoms with Gasteiger partial charge in [0.1, 0.15) is 17.5 Å². The highest BCUT2D eigenvalue weighted by atomic mass is 79.9. The van der Waals surface area contributed by atoms with Gasteiger partial charge in [-0.05, 0) is 22.0 Å². The average Bonchev–Trinajstić information content (AvgIpc) is 2.85. The van der Waals surface area contributed by atoms with E-state index in [0.29, 0.717) is 11.9 Å². The molecule has 0 spiro atoms. The fourth-order valence-electron chi connectivity index (χ4n) is 1.50. The smallest absolute Gasteiger partial charge is 0.295 e. The lowest BCUT2D eigenvalue weighted by atomic mass is 9.96. The van der Waals surface area contributed by atoms with Gasteiger partial charge < -0.3 is 5.32 Å². The summed E-state index contributed by atoms with van der Waals surface area (Å²) in [6, 6.07) is 1.82. The number of H-pyrrole nitrogens is 1. The number of rotatable bonds is 2. The van der Waals surface area contributed by atoms with Gasteiger partial charge in [-0.25, -0.2) is 13.8 Å². The first kappa shape index (κ1) is 15.6. The Kier molecular flexibility index (Phi) is 4.08. The molecule has 2 N–H and O–H groups in total. The molecule has 0 aliphatic carbocycles. The second kappa shape index (κ2) is 5.51. The molecule has 1 aromatic heterocycles. The first-order valence-electron chi connectivity index (χ1n) is 6.07. The third-order valence-corrected chi connectivity index (χ3v) is 3.26. The van der Waals surface area contributed by atoms with Gasteiger partial charge in [-0.3, -0.25) is 9.89 Å². The van der Waals surface area contributed by atoms with Crippen molar-refractivity contribution >= 4 is 27.5 Å². The van der Waals surface area contributed by atoms with Crippen molar-refractivity contribution in [1.82, 2.24) is 15.2 Å². The Labute approximate surface area is 128 Å². The maximum Gasteiger partial charge on any atom is 0.295 e.